The summed E-state index contributed by atoms with van der Waals surface area (Å²) in [6, 6.07) is 13.4. The Bertz CT molecular complexity index is 1550. The minimum atomic E-state index is -0.438. The predicted octanol–water partition coefficient (Wildman–Crippen LogP) is 3.36. The standard InChI is InChI=1S/C23H23N7O3S/c1-3-4-12-29-20-18(21(31)25-22(29)32)28(2)17(24-20)14-34-23-27-26-19(16-11-8-13-33-16)30(23)15-9-6-5-7-10-15/h5-11,13H,3-4,12,14H2,1-2H3,(H,25,31,32). The van der Waals surface area contributed by atoms with Crippen molar-refractivity contribution in [1.82, 2.24) is 33.9 Å². The minimum Gasteiger partial charge on any atom is -0.461 e. The van der Waals surface area contributed by atoms with Crippen molar-refractivity contribution >= 4 is 22.9 Å². The third-order valence-electron chi connectivity index (χ3n) is 5.56. The van der Waals surface area contributed by atoms with Crippen molar-refractivity contribution in [3.63, 3.8) is 0 Å². The summed E-state index contributed by atoms with van der Waals surface area (Å²) in [5.74, 6) is 2.28. The zero-order chi connectivity index (χ0) is 23.7. The molecule has 1 N–H and O–H groups in total. The number of imidazole rings is 1. The number of nitrogens with zero attached hydrogens (tertiary/aromatic N) is 6. The van der Waals surface area contributed by atoms with E-state index in [1.807, 2.05) is 47.9 Å². The van der Waals surface area contributed by atoms with Crippen molar-refractivity contribution < 1.29 is 4.42 Å². The van der Waals surface area contributed by atoms with Crippen molar-refractivity contribution in [2.24, 2.45) is 7.05 Å². The Kier molecular flexibility index (Phi) is 5.93. The molecule has 4 heterocycles. The van der Waals surface area contributed by atoms with E-state index in [0.717, 1.165) is 18.5 Å². The van der Waals surface area contributed by atoms with Crippen LogP contribution in [-0.4, -0.2) is 33.9 Å². The summed E-state index contributed by atoms with van der Waals surface area (Å²) in [7, 11) is 1.78. The zero-order valence-electron chi connectivity index (χ0n) is 18.8. The molecule has 5 aromatic rings. The average molecular weight is 478 g/mol. The maximum Gasteiger partial charge on any atom is 0.330 e. The van der Waals surface area contributed by atoms with Crippen molar-refractivity contribution in [2.75, 3.05) is 0 Å². The second kappa shape index (κ2) is 9.18. The van der Waals surface area contributed by atoms with Crippen molar-refractivity contribution in [3.05, 3.63) is 75.4 Å². The van der Waals surface area contributed by atoms with Crippen molar-refractivity contribution in [1.29, 1.82) is 0 Å². The number of unbranched alkanes of at least 4 members (excludes halogenated alkanes) is 1. The first-order valence-electron chi connectivity index (χ1n) is 10.9. The van der Waals surface area contributed by atoms with Crippen LogP contribution in [0.15, 0.2) is 67.9 Å². The van der Waals surface area contributed by atoms with E-state index in [9.17, 15) is 9.59 Å². The monoisotopic (exact) mass is 477 g/mol. The fourth-order valence-electron chi connectivity index (χ4n) is 3.81. The lowest BCUT2D eigenvalue weighted by Gasteiger charge is -2.09. The number of aromatic nitrogens is 7. The highest BCUT2D eigenvalue weighted by Gasteiger charge is 2.20. The molecule has 0 aliphatic carbocycles. The molecule has 0 aliphatic heterocycles. The lowest BCUT2D eigenvalue weighted by atomic mass is 10.3. The molecule has 0 unspecified atom stereocenters. The third kappa shape index (κ3) is 3.87. The van der Waals surface area contributed by atoms with E-state index in [1.165, 1.54) is 16.3 Å². The van der Waals surface area contributed by atoms with Crippen molar-refractivity contribution in [2.45, 2.75) is 37.2 Å². The first kappa shape index (κ1) is 22.0. The molecule has 34 heavy (non-hydrogen) atoms. The Morgan fingerprint density at radius 3 is 2.65 bits per heavy atom. The Balaban J connectivity index is 1.53. The predicted molar refractivity (Wildman–Crippen MR) is 129 cm³/mol. The van der Waals surface area contributed by atoms with Gasteiger partial charge in [-0.25, -0.2) is 9.78 Å². The maximum atomic E-state index is 12.5. The molecule has 5 rings (SSSR count). The quantitative estimate of drug-likeness (QED) is 0.341. The summed E-state index contributed by atoms with van der Waals surface area (Å²) in [5, 5.41) is 9.40. The number of hydrogen-bond donors (Lipinski definition) is 1. The van der Waals surface area contributed by atoms with Crippen LogP contribution in [0, 0.1) is 0 Å². The molecule has 0 amide bonds. The number of nitrogens with one attached hydrogen (secondary N) is 1. The molecule has 0 spiro atoms. The number of para-hydroxylation sites is 1. The molecule has 0 saturated carbocycles. The Morgan fingerprint density at radius 2 is 1.91 bits per heavy atom. The van der Waals surface area contributed by atoms with Gasteiger partial charge in [0, 0.05) is 19.3 Å². The van der Waals surface area contributed by atoms with Crippen LogP contribution in [0.1, 0.15) is 25.6 Å². The van der Waals surface area contributed by atoms with Gasteiger partial charge >= 0.3 is 5.69 Å². The lowest BCUT2D eigenvalue weighted by molar-refractivity contribution is 0.575. The summed E-state index contributed by atoms with van der Waals surface area (Å²) in [6.45, 7) is 2.55. The molecule has 0 saturated heterocycles. The van der Waals surface area contributed by atoms with E-state index in [0.29, 0.717) is 46.0 Å². The molecule has 10 nitrogen and oxygen atoms in total. The zero-order valence-corrected chi connectivity index (χ0v) is 19.6. The van der Waals surface area contributed by atoms with E-state index in [-0.39, 0.29) is 0 Å². The number of fused-ring (bicyclic) bond motifs is 1. The van der Waals surface area contributed by atoms with E-state index >= 15 is 0 Å². The van der Waals surface area contributed by atoms with Gasteiger partial charge in [0.2, 0.25) is 5.82 Å². The summed E-state index contributed by atoms with van der Waals surface area (Å²) in [4.78, 5) is 32.0. The summed E-state index contributed by atoms with van der Waals surface area (Å²) < 4.78 is 10.8. The van der Waals surface area contributed by atoms with Crippen LogP contribution in [0.4, 0.5) is 0 Å². The topological polar surface area (TPSA) is 117 Å². The number of aromatic amines is 1. The van der Waals surface area contributed by atoms with E-state index in [2.05, 4.69) is 20.2 Å². The molecule has 0 aliphatic rings. The van der Waals surface area contributed by atoms with Crippen LogP contribution in [0.2, 0.25) is 0 Å². The van der Waals surface area contributed by atoms with Gasteiger partial charge in [0.25, 0.3) is 5.56 Å². The fraction of sp³-hybridized carbons (Fsp3) is 0.261. The molecule has 0 fully saturated rings. The molecule has 0 atom stereocenters. The van der Waals surface area contributed by atoms with E-state index < -0.39 is 11.2 Å². The highest BCUT2D eigenvalue weighted by Crippen LogP contribution is 2.30. The molecule has 4 aromatic heterocycles. The highest BCUT2D eigenvalue weighted by atomic mass is 32.2. The van der Waals surface area contributed by atoms with Crippen LogP contribution < -0.4 is 11.2 Å². The largest absolute Gasteiger partial charge is 0.461 e. The molecular weight excluding hydrogens is 454 g/mol. The van der Waals surface area contributed by atoms with Gasteiger partial charge in [0.1, 0.15) is 5.82 Å². The van der Waals surface area contributed by atoms with Gasteiger partial charge in [-0.3, -0.25) is 18.9 Å². The average Bonchev–Trinajstić information content (AvgIpc) is 3.57. The second-order valence-corrected chi connectivity index (χ2v) is 8.71. The van der Waals surface area contributed by atoms with Crippen LogP contribution in [0.5, 0.6) is 0 Å². The van der Waals surface area contributed by atoms with Crippen LogP contribution in [0.3, 0.4) is 0 Å². The molecule has 0 bridgehead atoms. The summed E-state index contributed by atoms with van der Waals surface area (Å²) >= 11 is 1.44. The number of hydrogen-bond acceptors (Lipinski definition) is 7. The van der Waals surface area contributed by atoms with Gasteiger partial charge in [-0.15, -0.1) is 10.2 Å². The molecule has 1 aromatic carbocycles. The smallest absolute Gasteiger partial charge is 0.330 e. The van der Waals surface area contributed by atoms with Crippen LogP contribution in [-0.2, 0) is 19.3 Å². The summed E-state index contributed by atoms with van der Waals surface area (Å²) in [6.07, 6.45) is 3.34. The van der Waals surface area contributed by atoms with Crippen molar-refractivity contribution in [3.8, 4) is 17.3 Å². The van der Waals surface area contributed by atoms with Gasteiger partial charge in [-0.1, -0.05) is 43.3 Å². The van der Waals surface area contributed by atoms with Gasteiger partial charge in [-0.05, 0) is 30.7 Å². The van der Waals surface area contributed by atoms with Crippen LogP contribution >= 0.6 is 11.8 Å². The summed E-state index contributed by atoms with van der Waals surface area (Å²) in [5.41, 5.74) is 0.811. The Morgan fingerprint density at radius 1 is 1.09 bits per heavy atom. The number of rotatable bonds is 8. The van der Waals surface area contributed by atoms with Crippen LogP contribution in [0.25, 0.3) is 28.4 Å². The molecular formula is C23H23N7O3S. The maximum absolute atomic E-state index is 12.5. The van der Waals surface area contributed by atoms with E-state index in [4.69, 9.17) is 4.42 Å². The Hall–Kier alpha value is -3.86. The lowest BCUT2D eigenvalue weighted by Crippen LogP contribution is -2.31. The fourth-order valence-corrected chi connectivity index (χ4v) is 4.75. The normalized spacial score (nSPS) is 11.5. The number of furan rings is 1. The minimum absolute atomic E-state index is 0.382. The van der Waals surface area contributed by atoms with Gasteiger partial charge in [-0.2, -0.15) is 0 Å². The van der Waals surface area contributed by atoms with E-state index in [1.54, 1.807) is 23.9 Å². The number of thioether (sulfide) groups is 1. The number of benzene rings is 1. The molecule has 11 heteroatoms. The first-order chi connectivity index (χ1) is 16.6. The Labute approximate surface area is 198 Å². The highest BCUT2D eigenvalue weighted by molar-refractivity contribution is 7.98. The molecule has 174 valence electrons. The van der Waals surface area contributed by atoms with Gasteiger partial charge in [0.15, 0.2) is 22.1 Å². The van der Waals surface area contributed by atoms with Gasteiger partial charge in [0.05, 0.1) is 12.0 Å². The number of H-pyrrole nitrogens is 1. The second-order valence-electron chi connectivity index (χ2n) is 7.77. The molecule has 0 radical (unpaired) electrons. The SMILES string of the molecule is CCCCn1c(=O)[nH]c(=O)c2c1nc(CSc1nnc(-c3ccco3)n1-c1ccccc1)n2C. The van der Waals surface area contributed by atoms with Gasteiger partial charge < -0.3 is 8.98 Å². The first-order valence-corrected chi connectivity index (χ1v) is 11.9. The number of aryl methyl sites for hydroxylation is 2. The third-order valence-corrected chi connectivity index (χ3v) is 6.49.